The van der Waals surface area contributed by atoms with Gasteiger partial charge in [0.2, 0.25) is 5.88 Å². The molecule has 0 amide bonds. The predicted octanol–water partition coefficient (Wildman–Crippen LogP) is 3.98. The predicted molar refractivity (Wildman–Crippen MR) is 93.4 cm³/mol. The first-order valence-corrected chi connectivity index (χ1v) is 8.78. The molecule has 2 aliphatic heterocycles. The third-order valence-corrected chi connectivity index (χ3v) is 4.36. The summed E-state index contributed by atoms with van der Waals surface area (Å²) in [7, 11) is 3.22. The van der Waals surface area contributed by atoms with E-state index in [1.165, 1.54) is 64.2 Å². The lowest BCUT2D eigenvalue weighted by Crippen LogP contribution is -2.42. The molecule has 0 aromatic carbocycles. The molecule has 0 atom stereocenters. The quantitative estimate of drug-likeness (QED) is 0.795. The van der Waals surface area contributed by atoms with Crippen LogP contribution in [0, 0.1) is 0 Å². The molecule has 0 aliphatic carbocycles. The molecule has 0 N–H and O–H groups in total. The van der Waals surface area contributed by atoms with Crippen LogP contribution in [-0.2, 0) is 4.74 Å². The van der Waals surface area contributed by atoms with Gasteiger partial charge in [0, 0.05) is 24.9 Å². The highest BCUT2D eigenvalue weighted by Gasteiger charge is 2.43. The van der Waals surface area contributed by atoms with E-state index in [-0.39, 0.29) is 11.6 Å². The standard InChI is InChI=1S/C9H17NO.C7H7F2NO2.C2H6/c1-11-8-9-4-2-6-10(9)7-3-5-9;1-11-6-4-5(2-3-10-6)12-7(8)9;1-2/h2-8H2,1H3;2-4,7H,1H3;1-2H3. The second-order valence-corrected chi connectivity index (χ2v) is 5.76. The fourth-order valence-electron chi connectivity index (χ4n) is 3.41. The zero-order chi connectivity index (χ0) is 18.7. The molecule has 0 bridgehead atoms. The lowest BCUT2D eigenvalue weighted by molar-refractivity contribution is -0.0499. The molecule has 0 saturated carbocycles. The van der Waals surface area contributed by atoms with Gasteiger partial charge in [0.25, 0.3) is 0 Å². The number of pyridine rings is 1. The number of methoxy groups -OCH3 is 2. The van der Waals surface area contributed by atoms with E-state index in [9.17, 15) is 8.78 Å². The van der Waals surface area contributed by atoms with Gasteiger partial charge in [0.15, 0.2) is 0 Å². The van der Waals surface area contributed by atoms with Crippen molar-refractivity contribution < 1.29 is 23.0 Å². The zero-order valence-corrected chi connectivity index (χ0v) is 15.6. The minimum absolute atomic E-state index is 0.0388. The van der Waals surface area contributed by atoms with Crippen molar-refractivity contribution in [1.29, 1.82) is 0 Å². The molecule has 0 unspecified atom stereocenters. The third-order valence-electron chi connectivity index (χ3n) is 4.36. The summed E-state index contributed by atoms with van der Waals surface area (Å²) in [5, 5.41) is 0. The molecule has 2 fully saturated rings. The lowest BCUT2D eigenvalue weighted by Gasteiger charge is -2.30. The van der Waals surface area contributed by atoms with Crippen molar-refractivity contribution in [2.24, 2.45) is 0 Å². The number of rotatable bonds is 5. The molecule has 3 heterocycles. The summed E-state index contributed by atoms with van der Waals surface area (Å²) in [5.74, 6) is 0.282. The Morgan fingerprint density at radius 2 is 1.84 bits per heavy atom. The molecule has 2 aliphatic rings. The van der Waals surface area contributed by atoms with E-state index in [0.717, 1.165) is 6.61 Å². The van der Waals surface area contributed by atoms with E-state index in [0.29, 0.717) is 5.54 Å². The van der Waals surface area contributed by atoms with Crippen LogP contribution >= 0.6 is 0 Å². The Balaban J connectivity index is 0.000000228. The maximum Gasteiger partial charge on any atom is 0.387 e. The van der Waals surface area contributed by atoms with Crippen LogP contribution in [0.4, 0.5) is 8.78 Å². The molecule has 7 heteroatoms. The maximum atomic E-state index is 11.7. The van der Waals surface area contributed by atoms with Gasteiger partial charge in [-0.05, 0) is 44.8 Å². The highest BCUT2D eigenvalue weighted by Crippen LogP contribution is 2.38. The van der Waals surface area contributed by atoms with E-state index in [1.807, 2.05) is 21.0 Å². The van der Waals surface area contributed by atoms with Gasteiger partial charge in [-0.2, -0.15) is 8.78 Å². The molecule has 0 spiro atoms. The Morgan fingerprint density at radius 1 is 1.20 bits per heavy atom. The first-order chi connectivity index (χ1) is 12.1. The van der Waals surface area contributed by atoms with Crippen LogP contribution in [0.3, 0.4) is 0 Å². The minimum Gasteiger partial charge on any atom is -0.481 e. The summed E-state index contributed by atoms with van der Waals surface area (Å²) in [6.45, 7) is 4.75. The Hall–Kier alpha value is -1.47. The molecular weight excluding hydrogens is 330 g/mol. The number of alkyl halides is 2. The summed E-state index contributed by atoms with van der Waals surface area (Å²) >= 11 is 0. The number of nitrogens with zero attached hydrogens (tertiary/aromatic N) is 2. The summed E-state index contributed by atoms with van der Waals surface area (Å²) in [4.78, 5) is 6.34. The van der Waals surface area contributed by atoms with E-state index in [4.69, 9.17) is 9.47 Å². The van der Waals surface area contributed by atoms with Crippen molar-refractivity contribution in [3.05, 3.63) is 18.3 Å². The molecule has 5 nitrogen and oxygen atoms in total. The second kappa shape index (κ2) is 11.2. The fraction of sp³-hybridized carbons (Fsp3) is 0.722. The zero-order valence-electron chi connectivity index (χ0n) is 15.6. The number of hydrogen-bond donors (Lipinski definition) is 0. The van der Waals surface area contributed by atoms with Crippen LogP contribution in [0.5, 0.6) is 11.6 Å². The lowest BCUT2D eigenvalue weighted by atomic mass is 9.95. The van der Waals surface area contributed by atoms with E-state index >= 15 is 0 Å². The van der Waals surface area contributed by atoms with Crippen LogP contribution in [0.2, 0.25) is 0 Å². The molecule has 1 aromatic heterocycles. The Bertz CT molecular complexity index is 479. The van der Waals surface area contributed by atoms with Crippen molar-refractivity contribution in [2.45, 2.75) is 51.7 Å². The molecule has 1 aromatic rings. The molecule has 3 rings (SSSR count). The maximum absolute atomic E-state index is 11.7. The van der Waals surface area contributed by atoms with E-state index in [1.54, 1.807) is 0 Å². The summed E-state index contributed by atoms with van der Waals surface area (Å²) in [5.41, 5.74) is 0.467. The summed E-state index contributed by atoms with van der Waals surface area (Å²) in [6.07, 6.45) is 6.81. The van der Waals surface area contributed by atoms with Gasteiger partial charge in [-0.15, -0.1) is 0 Å². The van der Waals surface area contributed by atoms with Gasteiger partial charge in [-0.3, -0.25) is 4.90 Å². The number of hydrogen-bond acceptors (Lipinski definition) is 5. The van der Waals surface area contributed by atoms with Crippen LogP contribution in [0.1, 0.15) is 39.5 Å². The highest BCUT2D eigenvalue weighted by molar-refractivity contribution is 5.25. The largest absolute Gasteiger partial charge is 0.481 e. The first kappa shape index (κ1) is 21.6. The normalized spacial score (nSPS) is 17.9. The smallest absolute Gasteiger partial charge is 0.387 e. The van der Waals surface area contributed by atoms with Crippen molar-refractivity contribution in [1.82, 2.24) is 9.88 Å². The molecule has 144 valence electrons. The molecule has 0 radical (unpaired) electrons. The highest BCUT2D eigenvalue weighted by atomic mass is 19.3. The number of fused-ring (bicyclic) bond motifs is 1. The second-order valence-electron chi connectivity index (χ2n) is 5.76. The molecule has 2 saturated heterocycles. The topological polar surface area (TPSA) is 43.8 Å². The summed E-state index contributed by atoms with van der Waals surface area (Å²) < 4.78 is 37.4. The Morgan fingerprint density at radius 3 is 2.36 bits per heavy atom. The van der Waals surface area contributed by atoms with Crippen molar-refractivity contribution in [2.75, 3.05) is 33.9 Å². The van der Waals surface area contributed by atoms with Crippen molar-refractivity contribution >= 4 is 0 Å². The van der Waals surface area contributed by atoms with Gasteiger partial charge in [0.1, 0.15) is 5.75 Å². The molecular formula is C18H30F2N2O3. The van der Waals surface area contributed by atoms with Crippen LogP contribution < -0.4 is 9.47 Å². The number of ether oxygens (including phenoxy) is 3. The fourth-order valence-corrected chi connectivity index (χ4v) is 3.41. The van der Waals surface area contributed by atoms with Crippen molar-refractivity contribution in [3.8, 4) is 11.6 Å². The third kappa shape index (κ3) is 6.40. The van der Waals surface area contributed by atoms with Gasteiger partial charge >= 0.3 is 6.61 Å². The van der Waals surface area contributed by atoms with Gasteiger partial charge in [-0.1, -0.05) is 13.8 Å². The van der Waals surface area contributed by atoms with Gasteiger partial charge in [0.05, 0.1) is 13.7 Å². The van der Waals surface area contributed by atoms with Gasteiger partial charge in [-0.25, -0.2) is 4.98 Å². The molecule has 25 heavy (non-hydrogen) atoms. The average Bonchev–Trinajstić information content (AvgIpc) is 3.17. The van der Waals surface area contributed by atoms with Gasteiger partial charge < -0.3 is 14.2 Å². The van der Waals surface area contributed by atoms with E-state index in [2.05, 4.69) is 14.6 Å². The van der Waals surface area contributed by atoms with Crippen LogP contribution in [0.15, 0.2) is 18.3 Å². The summed E-state index contributed by atoms with van der Waals surface area (Å²) in [6, 6.07) is 2.61. The monoisotopic (exact) mass is 360 g/mol. The first-order valence-electron chi connectivity index (χ1n) is 8.78. The number of aromatic nitrogens is 1. The SMILES string of the molecule is CC.COCC12CCCN1CCC2.COc1cc(OC(F)F)ccn1. The van der Waals surface area contributed by atoms with E-state index < -0.39 is 6.61 Å². The average molecular weight is 360 g/mol. The Kier molecular flexibility index (Phi) is 9.67. The number of halogens is 2. The van der Waals surface area contributed by atoms with Crippen LogP contribution in [0.25, 0.3) is 0 Å². The van der Waals surface area contributed by atoms with Crippen LogP contribution in [-0.4, -0.2) is 56.0 Å². The Labute approximate surface area is 149 Å². The minimum atomic E-state index is -2.82. The van der Waals surface area contributed by atoms with Crippen molar-refractivity contribution in [3.63, 3.8) is 0 Å².